The topological polar surface area (TPSA) is 102 Å². The van der Waals surface area contributed by atoms with Crippen LogP contribution in [-0.2, 0) is 16.6 Å². The fourth-order valence-corrected chi connectivity index (χ4v) is 6.24. The molecule has 0 spiro atoms. The molecule has 2 amide bonds. The van der Waals surface area contributed by atoms with Gasteiger partial charge in [-0.05, 0) is 39.0 Å². The SMILES string of the molecule is COc1ccccc1CN1C(=S)SC(C)(C)[C@@H]1N([O-])C(=O)NS(=O)(=O)c1ccc(C)cc1. The number of urea groups is 1. The van der Waals surface area contributed by atoms with E-state index >= 15 is 0 Å². The Labute approximate surface area is 197 Å². The van der Waals surface area contributed by atoms with Crippen molar-refractivity contribution in [1.29, 1.82) is 0 Å². The van der Waals surface area contributed by atoms with Crippen molar-refractivity contribution in [2.45, 2.75) is 43.1 Å². The van der Waals surface area contributed by atoms with Gasteiger partial charge in [0.15, 0.2) is 0 Å². The van der Waals surface area contributed by atoms with Gasteiger partial charge >= 0.3 is 6.03 Å². The normalized spacial score (nSPS) is 17.8. The molecular weight excluding hydrogens is 470 g/mol. The number of hydrogen-bond acceptors (Lipinski definition) is 7. The lowest BCUT2D eigenvalue weighted by atomic mass is 10.1. The molecular formula is C21H24N3O5S3-. The summed E-state index contributed by atoms with van der Waals surface area (Å²) >= 11 is 6.76. The molecule has 1 aliphatic heterocycles. The Morgan fingerprint density at radius 1 is 1.25 bits per heavy atom. The summed E-state index contributed by atoms with van der Waals surface area (Å²) in [6.45, 7) is 5.60. The van der Waals surface area contributed by atoms with Crippen molar-refractivity contribution in [3.05, 3.63) is 64.9 Å². The molecule has 0 bridgehead atoms. The summed E-state index contributed by atoms with van der Waals surface area (Å²) < 4.78 is 32.1. The summed E-state index contributed by atoms with van der Waals surface area (Å²) in [6.07, 6.45) is -1.03. The molecule has 1 atom stereocenters. The zero-order chi connectivity index (χ0) is 23.7. The molecule has 1 heterocycles. The molecule has 0 aliphatic carbocycles. The summed E-state index contributed by atoms with van der Waals surface area (Å²) in [4.78, 5) is 14.2. The van der Waals surface area contributed by atoms with Gasteiger partial charge in [0.2, 0.25) is 0 Å². The molecule has 1 aliphatic rings. The molecule has 0 unspecified atom stereocenters. The van der Waals surface area contributed by atoms with Crippen molar-refractivity contribution < 1.29 is 17.9 Å². The number of sulfonamides is 1. The van der Waals surface area contributed by atoms with E-state index in [0.29, 0.717) is 10.1 Å². The van der Waals surface area contributed by atoms with E-state index in [-0.39, 0.29) is 16.5 Å². The molecule has 3 rings (SSSR count). The van der Waals surface area contributed by atoms with Crippen LogP contribution in [0, 0.1) is 12.1 Å². The van der Waals surface area contributed by atoms with Crippen molar-refractivity contribution >= 4 is 44.4 Å². The van der Waals surface area contributed by atoms with Gasteiger partial charge in [-0.3, -0.25) is 0 Å². The van der Waals surface area contributed by atoms with Crippen LogP contribution in [0.2, 0.25) is 0 Å². The third-order valence-electron chi connectivity index (χ3n) is 5.01. The molecule has 2 aromatic rings. The second kappa shape index (κ2) is 9.26. The van der Waals surface area contributed by atoms with Gasteiger partial charge in [0, 0.05) is 12.1 Å². The molecule has 1 saturated heterocycles. The van der Waals surface area contributed by atoms with Crippen LogP contribution in [0.15, 0.2) is 53.4 Å². The molecule has 0 radical (unpaired) electrons. The highest BCUT2D eigenvalue weighted by Crippen LogP contribution is 2.43. The number of thiocarbonyl (C=S) groups is 1. The fraction of sp³-hybridized carbons (Fsp3) is 0.333. The fourth-order valence-electron chi connectivity index (χ4n) is 3.44. The molecule has 2 aromatic carbocycles. The molecule has 11 heteroatoms. The van der Waals surface area contributed by atoms with Gasteiger partial charge in [-0.1, -0.05) is 59.9 Å². The number of rotatable bonds is 6. The highest BCUT2D eigenvalue weighted by molar-refractivity contribution is 8.24. The molecule has 172 valence electrons. The minimum Gasteiger partial charge on any atom is -0.753 e. The number of aryl methyl sites for hydroxylation is 1. The van der Waals surface area contributed by atoms with E-state index < -0.39 is 27.0 Å². The first-order valence-corrected chi connectivity index (χ1v) is 12.4. The monoisotopic (exact) mass is 494 g/mol. The van der Waals surface area contributed by atoms with E-state index in [2.05, 4.69) is 0 Å². The van der Waals surface area contributed by atoms with Crippen molar-refractivity contribution in [2.24, 2.45) is 0 Å². The number of methoxy groups -OCH3 is 1. The van der Waals surface area contributed by atoms with E-state index in [1.807, 2.05) is 29.8 Å². The van der Waals surface area contributed by atoms with E-state index in [1.54, 1.807) is 44.1 Å². The number of nitrogens with zero attached hydrogens (tertiary/aromatic N) is 2. The zero-order valence-corrected chi connectivity index (χ0v) is 20.5. The number of nitrogens with one attached hydrogen (secondary N) is 1. The molecule has 1 fully saturated rings. The summed E-state index contributed by atoms with van der Waals surface area (Å²) in [6, 6.07) is 12.0. The third kappa shape index (κ3) is 5.01. The van der Waals surface area contributed by atoms with Gasteiger partial charge in [0.05, 0.1) is 16.8 Å². The molecule has 0 aromatic heterocycles. The standard InChI is InChI=1S/C21H24N3O5S3/c1-14-9-11-16(12-10-14)32(27,28)22-19(25)24(26)18-21(2,3)31-20(30)23(18)13-15-7-5-6-8-17(15)29-4/h5-12,18H,13H2,1-4H3,(H,22,25)/q-1/t18-/m0/s1. The quantitative estimate of drug-likeness (QED) is 0.477. The van der Waals surface area contributed by atoms with E-state index in [4.69, 9.17) is 17.0 Å². The lowest BCUT2D eigenvalue weighted by molar-refractivity contribution is 0.131. The predicted molar refractivity (Wildman–Crippen MR) is 129 cm³/mol. The number of carbonyl (C=O) groups excluding carboxylic acids is 1. The van der Waals surface area contributed by atoms with E-state index in [0.717, 1.165) is 11.1 Å². The van der Waals surface area contributed by atoms with Gasteiger partial charge in [-0.25, -0.2) is 17.9 Å². The number of para-hydroxylation sites is 1. The largest absolute Gasteiger partial charge is 0.753 e. The van der Waals surface area contributed by atoms with Crippen molar-refractivity contribution in [1.82, 2.24) is 14.7 Å². The number of amides is 2. The number of benzene rings is 2. The second-order valence-corrected chi connectivity index (χ2v) is 11.8. The van der Waals surface area contributed by atoms with Gasteiger partial charge in [0.25, 0.3) is 10.0 Å². The Bertz CT molecular complexity index is 1120. The summed E-state index contributed by atoms with van der Waals surface area (Å²) in [5.74, 6) is 0.618. The number of hydrogen-bond donors (Lipinski definition) is 1. The Hall–Kier alpha value is -2.34. The number of thioether (sulfide) groups is 1. The van der Waals surface area contributed by atoms with Gasteiger partial charge in [-0.15, -0.1) is 0 Å². The van der Waals surface area contributed by atoms with Crippen LogP contribution in [0.4, 0.5) is 4.79 Å². The Balaban J connectivity index is 1.86. The van der Waals surface area contributed by atoms with E-state index in [1.165, 1.54) is 23.9 Å². The van der Waals surface area contributed by atoms with Crippen molar-refractivity contribution in [3.63, 3.8) is 0 Å². The Morgan fingerprint density at radius 3 is 2.50 bits per heavy atom. The number of ether oxygens (including phenoxy) is 1. The van der Waals surface area contributed by atoms with Crippen LogP contribution in [0.25, 0.3) is 0 Å². The van der Waals surface area contributed by atoms with Crippen LogP contribution in [0.3, 0.4) is 0 Å². The third-order valence-corrected chi connectivity index (χ3v) is 7.98. The van der Waals surface area contributed by atoms with Crippen LogP contribution in [0.5, 0.6) is 5.75 Å². The highest BCUT2D eigenvalue weighted by atomic mass is 32.2. The number of carbonyl (C=O) groups is 1. The highest BCUT2D eigenvalue weighted by Gasteiger charge is 2.47. The molecule has 8 nitrogen and oxygen atoms in total. The van der Waals surface area contributed by atoms with Crippen molar-refractivity contribution in [3.8, 4) is 5.75 Å². The smallest absolute Gasteiger partial charge is 0.322 e. The predicted octanol–water partition coefficient (Wildman–Crippen LogP) is 3.84. The van der Waals surface area contributed by atoms with E-state index in [9.17, 15) is 18.4 Å². The lowest BCUT2D eigenvalue weighted by Crippen LogP contribution is -2.56. The lowest BCUT2D eigenvalue weighted by Gasteiger charge is -2.44. The maximum absolute atomic E-state index is 13.1. The average Bonchev–Trinajstić information content (AvgIpc) is 2.95. The first-order chi connectivity index (χ1) is 15.0. The van der Waals surface area contributed by atoms with Crippen LogP contribution >= 0.6 is 24.0 Å². The Kier molecular flexibility index (Phi) is 7.03. The molecule has 32 heavy (non-hydrogen) atoms. The van der Waals surface area contributed by atoms with Crippen LogP contribution < -0.4 is 9.46 Å². The van der Waals surface area contributed by atoms with Gasteiger partial charge in [-0.2, -0.15) is 0 Å². The van der Waals surface area contributed by atoms with Crippen LogP contribution in [-0.4, -0.2) is 46.8 Å². The summed E-state index contributed by atoms with van der Waals surface area (Å²) in [5.41, 5.74) is 1.65. The maximum Gasteiger partial charge on any atom is 0.322 e. The van der Waals surface area contributed by atoms with Crippen molar-refractivity contribution in [2.75, 3.05) is 7.11 Å². The first-order valence-electron chi connectivity index (χ1n) is 9.67. The van der Waals surface area contributed by atoms with Gasteiger partial charge < -0.3 is 19.9 Å². The molecule has 1 N–H and O–H groups in total. The molecule has 0 saturated carbocycles. The van der Waals surface area contributed by atoms with Gasteiger partial charge in [0.1, 0.15) is 16.2 Å². The maximum atomic E-state index is 13.1. The Morgan fingerprint density at radius 2 is 1.88 bits per heavy atom. The summed E-state index contributed by atoms with van der Waals surface area (Å²) in [7, 11) is -2.67. The number of hydroxylamine groups is 2. The second-order valence-electron chi connectivity index (χ2n) is 7.83. The zero-order valence-electron chi connectivity index (χ0n) is 18.1. The first kappa shape index (κ1) is 24.3. The van der Waals surface area contributed by atoms with Crippen LogP contribution in [0.1, 0.15) is 25.0 Å². The minimum absolute atomic E-state index is 0.105. The minimum atomic E-state index is -4.21. The summed E-state index contributed by atoms with van der Waals surface area (Å²) in [5, 5.41) is 13.3. The average molecular weight is 495 g/mol.